The fourth-order valence-electron chi connectivity index (χ4n) is 2.20. The summed E-state index contributed by atoms with van der Waals surface area (Å²) in [7, 11) is 0. The number of benzene rings is 1. The van der Waals surface area contributed by atoms with Crippen LogP contribution in [0, 0.1) is 17.2 Å². The van der Waals surface area contributed by atoms with Crippen LogP contribution in [0.3, 0.4) is 0 Å². The van der Waals surface area contributed by atoms with Gasteiger partial charge in [0.05, 0.1) is 11.3 Å². The summed E-state index contributed by atoms with van der Waals surface area (Å²) in [5.74, 6) is 0.0919. The largest absolute Gasteiger partial charge is 0.370 e. The number of rotatable bonds is 2. The lowest BCUT2D eigenvalue weighted by molar-refractivity contribution is -0.111. The molecular formula is C13H13BrN2O. The molecule has 0 aliphatic carbocycles. The number of aldehydes is 1. The quantitative estimate of drug-likeness (QED) is 0.788. The van der Waals surface area contributed by atoms with Crippen molar-refractivity contribution in [3.63, 3.8) is 0 Å². The van der Waals surface area contributed by atoms with Crippen molar-refractivity contribution in [1.82, 2.24) is 0 Å². The van der Waals surface area contributed by atoms with E-state index in [1.807, 2.05) is 18.2 Å². The van der Waals surface area contributed by atoms with Crippen molar-refractivity contribution >= 4 is 27.9 Å². The number of carbonyl (C=O) groups is 1. The van der Waals surface area contributed by atoms with Crippen LogP contribution in [0.2, 0.25) is 0 Å². The van der Waals surface area contributed by atoms with Crippen molar-refractivity contribution in [3.05, 3.63) is 28.2 Å². The van der Waals surface area contributed by atoms with E-state index in [0.29, 0.717) is 12.1 Å². The highest BCUT2D eigenvalue weighted by molar-refractivity contribution is 9.10. The summed E-state index contributed by atoms with van der Waals surface area (Å²) in [5.41, 5.74) is 1.59. The highest BCUT2D eigenvalue weighted by Crippen LogP contribution is 2.28. The first-order valence-electron chi connectivity index (χ1n) is 5.64. The fraction of sp³-hybridized carbons (Fsp3) is 0.385. The van der Waals surface area contributed by atoms with Crippen molar-refractivity contribution in [2.24, 2.45) is 5.92 Å². The summed E-state index contributed by atoms with van der Waals surface area (Å²) in [6, 6.07) is 7.83. The summed E-state index contributed by atoms with van der Waals surface area (Å²) in [4.78, 5) is 13.0. The van der Waals surface area contributed by atoms with Gasteiger partial charge >= 0.3 is 0 Å². The third-order valence-electron chi connectivity index (χ3n) is 3.07. The summed E-state index contributed by atoms with van der Waals surface area (Å²) >= 11 is 3.42. The Morgan fingerprint density at radius 2 is 2.35 bits per heavy atom. The normalized spacial score (nSPS) is 19.8. The van der Waals surface area contributed by atoms with Gasteiger partial charge in [0.25, 0.3) is 0 Å². The van der Waals surface area contributed by atoms with Crippen LogP contribution < -0.4 is 4.90 Å². The number of hydrogen-bond donors (Lipinski definition) is 0. The molecule has 0 saturated carbocycles. The van der Waals surface area contributed by atoms with Crippen molar-refractivity contribution < 1.29 is 4.79 Å². The molecule has 3 nitrogen and oxygen atoms in total. The number of piperidine rings is 1. The third kappa shape index (κ3) is 2.67. The van der Waals surface area contributed by atoms with Crippen LogP contribution in [0.4, 0.5) is 5.69 Å². The van der Waals surface area contributed by atoms with Crippen molar-refractivity contribution in [3.8, 4) is 6.07 Å². The maximum absolute atomic E-state index is 10.9. The molecule has 1 aliphatic heterocycles. The molecule has 17 heavy (non-hydrogen) atoms. The minimum absolute atomic E-state index is 0.0919. The molecule has 1 aliphatic rings. The maximum atomic E-state index is 10.9. The second-order valence-corrected chi connectivity index (χ2v) is 5.17. The molecule has 1 fully saturated rings. The average Bonchev–Trinajstić information content (AvgIpc) is 2.39. The van der Waals surface area contributed by atoms with Gasteiger partial charge in [0.15, 0.2) is 0 Å². The lowest BCUT2D eigenvalue weighted by Gasteiger charge is -2.32. The van der Waals surface area contributed by atoms with E-state index in [9.17, 15) is 4.79 Å². The Morgan fingerprint density at radius 1 is 1.53 bits per heavy atom. The minimum Gasteiger partial charge on any atom is -0.370 e. The zero-order valence-corrected chi connectivity index (χ0v) is 11.0. The molecule has 0 aromatic heterocycles. The van der Waals surface area contributed by atoms with E-state index in [2.05, 4.69) is 26.9 Å². The molecule has 1 aromatic rings. The van der Waals surface area contributed by atoms with Gasteiger partial charge in [-0.05, 0) is 31.0 Å². The van der Waals surface area contributed by atoms with Crippen LogP contribution >= 0.6 is 15.9 Å². The number of nitrogens with zero attached hydrogens (tertiary/aromatic N) is 2. The van der Waals surface area contributed by atoms with Crippen LogP contribution in [0.1, 0.15) is 18.4 Å². The summed E-state index contributed by atoms with van der Waals surface area (Å²) in [6.07, 6.45) is 2.98. The number of carbonyl (C=O) groups excluding carboxylic acids is 1. The van der Waals surface area contributed by atoms with E-state index in [0.717, 1.165) is 35.8 Å². The predicted octanol–water partition coefficient (Wildman–Crippen LogP) is 2.74. The topological polar surface area (TPSA) is 44.1 Å². The van der Waals surface area contributed by atoms with E-state index >= 15 is 0 Å². The zero-order chi connectivity index (χ0) is 12.3. The number of halogens is 1. The van der Waals surface area contributed by atoms with Gasteiger partial charge in [0, 0.05) is 23.5 Å². The Labute approximate surface area is 109 Å². The average molecular weight is 293 g/mol. The molecule has 1 aromatic carbocycles. The van der Waals surface area contributed by atoms with E-state index in [-0.39, 0.29) is 5.92 Å². The van der Waals surface area contributed by atoms with Gasteiger partial charge in [-0.15, -0.1) is 0 Å². The van der Waals surface area contributed by atoms with Gasteiger partial charge in [-0.25, -0.2) is 0 Å². The first kappa shape index (κ1) is 12.1. The Balaban J connectivity index is 2.29. The lowest BCUT2D eigenvalue weighted by atomic mass is 9.98. The standard InChI is InChI=1S/C13H13BrN2O/c14-12-4-3-11(7-15)13(6-12)16-5-1-2-10(8-16)9-17/h3-4,6,9-10H,1-2,5,8H2. The Bertz CT molecular complexity index is 467. The molecule has 4 heteroatoms. The molecule has 1 saturated heterocycles. The van der Waals surface area contributed by atoms with Gasteiger partial charge < -0.3 is 9.69 Å². The number of anilines is 1. The Hall–Kier alpha value is -1.34. The fourth-order valence-corrected chi connectivity index (χ4v) is 2.55. The molecule has 0 amide bonds. The maximum Gasteiger partial charge on any atom is 0.124 e. The molecule has 1 unspecified atom stereocenters. The smallest absolute Gasteiger partial charge is 0.124 e. The predicted molar refractivity (Wildman–Crippen MR) is 69.9 cm³/mol. The Morgan fingerprint density at radius 3 is 3.06 bits per heavy atom. The van der Waals surface area contributed by atoms with E-state index in [4.69, 9.17) is 5.26 Å². The zero-order valence-electron chi connectivity index (χ0n) is 9.40. The highest BCUT2D eigenvalue weighted by Gasteiger charge is 2.21. The van der Waals surface area contributed by atoms with E-state index in [1.54, 1.807) is 0 Å². The Kier molecular flexibility index (Phi) is 3.80. The van der Waals surface area contributed by atoms with E-state index in [1.165, 1.54) is 0 Å². The first-order chi connectivity index (χ1) is 8.24. The third-order valence-corrected chi connectivity index (χ3v) is 3.56. The van der Waals surface area contributed by atoms with Gasteiger partial charge in [0.2, 0.25) is 0 Å². The van der Waals surface area contributed by atoms with Crippen LogP contribution in [0.5, 0.6) is 0 Å². The first-order valence-corrected chi connectivity index (χ1v) is 6.44. The van der Waals surface area contributed by atoms with Crippen LogP contribution in [-0.2, 0) is 4.79 Å². The molecule has 0 bridgehead atoms. The van der Waals surface area contributed by atoms with Gasteiger partial charge in [-0.2, -0.15) is 5.26 Å². The van der Waals surface area contributed by atoms with Crippen molar-refractivity contribution in [2.45, 2.75) is 12.8 Å². The molecule has 88 valence electrons. The summed E-state index contributed by atoms with van der Waals surface area (Å²) in [5, 5.41) is 9.10. The van der Waals surface area contributed by atoms with Gasteiger partial charge in [0.1, 0.15) is 12.4 Å². The second-order valence-electron chi connectivity index (χ2n) is 4.26. The minimum atomic E-state index is 0.0919. The summed E-state index contributed by atoms with van der Waals surface area (Å²) < 4.78 is 0.958. The molecule has 1 heterocycles. The monoisotopic (exact) mass is 292 g/mol. The molecular weight excluding hydrogens is 280 g/mol. The molecule has 0 spiro atoms. The number of nitriles is 1. The van der Waals surface area contributed by atoms with Crippen LogP contribution in [-0.4, -0.2) is 19.4 Å². The molecule has 0 N–H and O–H groups in total. The molecule has 2 rings (SSSR count). The van der Waals surface area contributed by atoms with Crippen LogP contribution in [0.15, 0.2) is 22.7 Å². The SMILES string of the molecule is N#Cc1ccc(Br)cc1N1CCCC(C=O)C1. The molecule has 0 radical (unpaired) electrons. The van der Waals surface area contributed by atoms with Gasteiger partial charge in [-0.3, -0.25) is 0 Å². The second kappa shape index (κ2) is 5.33. The molecule has 1 atom stereocenters. The van der Waals surface area contributed by atoms with Gasteiger partial charge in [-0.1, -0.05) is 15.9 Å². The van der Waals surface area contributed by atoms with Crippen LogP contribution in [0.25, 0.3) is 0 Å². The summed E-state index contributed by atoms with van der Waals surface area (Å²) in [6.45, 7) is 1.63. The highest BCUT2D eigenvalue weighted by atomic mass is 79.9. The lowest BCUT2D eigenvalue weighted by Crippen LogP contribution is -2.36. The number of hydrogen-bond acceptors (Lipinski definition) is 3. The van der Waals surface area contributed by atoms with Crippen molar-refractivity contribution in [1.29, 1.82) is 5.26 Å². The van der Waals surface area contributed by atoms with Crippen molar-refractivity contribution in [2.75, 3.05) is 18.0 Å². The van der Waals surface area contributed by atoms with E-state index < -0.39 is 0 Å².